The molecule has 29 heavy (non-hydrogen) atoms. The topological polar surface area (TPSA) is 80.7 Å². The van der Waals surface area contributed by atoms with Gasteiger partial charge in [0.15, 0.2) is 0 Å². The van der Waals surface area contributed by atoms with Crippen molar-refractivity contribution in [1.29, 1.82) is 0 Å². The van der Waals surface area contributed by atoms with Crippen molar-refractivity contribution in [3.05, 3.63) is 22.1 Å². The fraction of sp³-hybridized carbons (Fsp3) is 0.600. The van der Waals surface area contributed by atoms with Crippen molar-refractivity contribution in [1.82, 2.24) is 19.9 Å². The minimum atomic E-state index is -0.105. The molecule has 0 unspecified atom stereocenters. The Morgan fingerprint density at radius 1 is 1.10 bits per heavy atom. The summed E-state index contributed by atoms with van der Waals surface area (Å²) in [7, 11) is 3.18. The number of likely N-dealkylation sites (tertiary alicyclic amines) is 1. The maximum atomic E-state index is 12.7. The van der Waals surface area contributed by atoms with Gasteiger partial charge in [-0.2, -0.15) is 9.97 Å². The van der Waals surface area contributed by atoms with Gasteiger partial charge in [-0.15, -0.1) is 11.3 Å². The van der Waals surface area contributed by atoms with Gasteiger partial charge in [0.1, 0.15) is 0 Å². The molecule has 2 aliphatic heterocycles. The fourth-order valence-corrected chi connectivity index (χ4v) is 5.02. The molecule has 0 bridgehead atoms. The summed E-state index contributed by atoms with van der Waals surface area (Å²) >= 11 is 1.64. The summed E-state index contributed by atoms with van der Waals surface area (Å²) in [6.45, 7) is 4.24. The van der Waals surface area contributed by atoms with E-state index in [0.29, 0.717) is 30.7 Å². The van der Waals surface area contributed by atoms with Crippen LogP contribution in [0.25, 0.3) is 0 Å². The van der Waals surface area contributed by atoms with Crippen LogP contribution in [0.1, 0.15) is 42.8 Å². The quantitative estimate of drug-likeness (QED) is 0.740. The molecule has 2 aromatic rings. The Bertz CT molecular complexity index is 867. The molecule has 2 saturated heterocycles. The smallest absolute Gasteiger partial charge is 0.231 e. The van der Waals surface area contributed by atoms with E-state index in [2.05, 4.69) is 30.1 Å². The van der Waals surface area contributed by atoms with Gasteiger partial charge in [0, 0.05) is 30.4 Å². The van der Waals surface area contributed by atoms with E-state index in [1.807, 2.05) is 6.92 Å². The van der Waals surface area contributed by atoms with Crippen LogP contribution >= 0.6 is 11.3 Å². The second-order valence-electron chi connectivity index (χ2n) is 7.66. The van der Waals surface area contributed by atoms with E-state index in [9.17, 15) is 4.79 Å². The number of anilines is 1. The SMILES string of the molecule is COc1cc(OC)nc(N2CCC[C@@]3(CCC(=O)N3Cc3csc(C)n3)CC2)n1. The zero-order chi connectivity index (χ0) is 20.4. The number of carbonyl (C=O) groups excluding carboxylic acids is 1. The molecule has 1 amide bonds. The summed E-state index contributed by atoms with van der Waals surface area (Å²) in [4.78, 5) is 30.6. The first kappa shape index (κ1) is 19.9. The summed E-state index contributed by atoms with van der Waals surface area (Å²) in [5.41, 5.74) is 0.885. The Hall–Kier alpha value is -2.42. The third-order valence-electron chi connectivity index (χ3n) is 5.95. The Labute approximate surface area is 174 Å². The summed E-state index contributed by atoms with van der Waals surface area (Å²) in [6, 6.07) is 1.68. The van der Waals surface area contributed by atoms with Gasteiger partial charge >= 0.3 is 0 Å². The number of rotatable bonds is 5. The Morgan fingerprint density at radius 2 is 1.86 bits per heavy atom. The van der Waals surface area contributed by atoms with Gasteiger partial charge in [-0.05, 0) is 32.6 Å². The normalized spacial score (nSPS) is 22.2. The van der Waals surface area contributed by atoms with Crippen LogP contribution in [0.5, 0.6) is 11.8 Å². The zero-order valence-electron chi connectivity index (χ0n) is 17.2. The first-order valence-corrected chi connectivity index (χ1v) is 10.8. The predicted molar refractivity (Wildman–Crippen MR) is 111 cm³/mol. The van der Waals surface area contributed by atoms with Crippen LogP contribution < -0.4 is 14.4 Å². The molecule has 0 saturated carbocycles. The summed E-state index contributed by atoms with van der Waals surface area (Å²) < 4.78 is 10.6. The number of aromatic nitrogens is 3. The maximum absolute atomic E-state index is 12.7. The second kappa shape index (κ2) is 8.14. The number of hydrogen-bond acceptors (Lipinski definition) is 8. The molecule has 9 heteroatoms. The first-order chi connectivity index (χ1) is 14.0. The lowest BCUT2D eigenvalue weighted by molar-refractivity contribution is -0.132. The van der Waals surface area contributed by atoms with Gasteiger partial charge in [-0.25, -0.2) is 4.98 Å². The van der Waals surface area contributed by atoms with Gasteiger partial charge in [0.25, 0.3) is 0 Å². The fourth-order valence-electron chi connectivity index (χ4n) is 4.41. The molecule has 1 atom stereocenters. The molecule has 0 aromatic carbocycles. The number of methoxy groups -OCH3 is 2. The molecule has 2 aromatic heterocycles. The Morgan fingerprint density at radius 3 is 2.52 bits per heavy atom. The molecule has 1 spiro atoms. The second-order valence-corrected chi connectivity index (χ2v) is 8.72. The number of thiazole rings is 1. The van der Waals surface area contributed by atoms with Gasteiger partial charge < -0.3 is 19.3 Å². The van der Waals surface area contributed by atoms with Crippen LogP contribution in [-0.4, -0.2) is 58.6 Å². The van der Waals surface area contributed by atoms with Crippen LogP contribution in [-0.2, 0) is 11.3 Å². The van der Waals surface area contributed by atoms with E-state index in [0.717, 1.165) is 49.5 Å². The predicted octanol–water partition coefficient (Wildman–Crippen LogP) is 2.81. The Balaban J connectivity index is 1.53. The van der Waals surface area contributed by atoms with Crippen molar-refractivity contribution in [2.24, 2.45) is 0 Å². The van der Waals surface area contributed by atoms with Crippen molar-refractivity contribution in [3.63, 3.8) is 0 Å². The summed E-state index contributed by atoms with van der Waals surface area (Å²) in [6.07, 6.45) is 4.38. The van der Waals surface area contributed by atoms with Crippen LogP contribution in [0.4, 0.5) is 5.95 Å². The van der Waals surface area contributed by atoms with Crippen LogP contribution in [0.2, 0.25) is 0 Å². The molecule has 4 rings (SSSR count). The number of hydrogen-bond donors (Lipinski definition) is 0. The average Bonchev–Trinajstić information content (AvgIpc) is 3.19. The van der Waals surface area contributed by atoms with Crippen LogP contribution in [0, 0.1) is 6.92 Å². The molecular formula is C20H27N5O3S. The highest BCUT2D eigenvalue weighted by Gasteiger charge is 2.46. The maximum Gasteiger partial charge on any atom is 0.231 e. The largest absolute Gasteiger partial charge is 0.481 e. The lowest BCUT2D eigenvalue weighted by Gasteiger charge is -2.38. The van der Waals surface area contributed by atoms with Crippen LogP contribution in [0.3, 0.4) is 0 Å². The van der Waals surface area contributed by atoms with Crippen molar-refractivity contribution < 1.29 is 14.3 Å². The average molecular weight is 418 g/mol. The van der Waals surface area contributed by atoms with Crippen LogP contribution in [0.15, 0.2) is 11.4 Å². The van der Waals surface area contributed by atoms with E-state index >= 15 is 0 Å². The number of amides is 1. The highest BCUT2D eigenvalue weighted by atomic mass is 32.1. The molecule has 4 heterocycles. The number of nitrogens with zero attached hydrogens (tertiary/aromatic N) is 5. The lowest BCUT2D eigenvalue weighted by Crippen LogP contribution is -2.46. The number of aryl methyl sites for hydroxylation is 1. The highest BCUT2D eigenvalue weighted by Crippen LogP contribution is 2.40. The lowest BCUT2D eigenvalue weighted by atomic mass is 9.87. The van der Waals surface area contributed by atoms with E-state index in [4.69, 9.17) is 9.47 Å². The minimum Gasteiger partial charge on any atom is -0.481 e. The summed E-state index contributed by atoms with van der Waals surface area (Å²) in [5.74, 6) is 1.83. The van der Waals surface area contributed by atoms with Crippen molar-refractivity contribution in [3.8, 4) is 11.8 Å². The summed E-state index contributed by atoms with van der Waals surface area (Å²) in [5, 5.41) is 3.10. The van der Waals surface area contributed by atoms with Crippen molar-refractivity contribution >= 4 is 23.2 Å². The minimum absolute atomic E-state index is 0.105. The number of ether oxygens (including phenoxy) is 2. The molecular weight excluding hydrogens is 390 g/mol. The molecule has 0 radical (unpaired) electrons. The van der Waals surface area contributed by atoms with Crippen molar-refractivity contribution in [2.75, 3.05) is 32.2 Å². The third-order valence-corrected chi connectivity index (χ3v) is 6.77. The van der Waals surface area contributed by atoms with Gasteiger partial charge in [-0.1, -0.05) is 0 Å². The molecule has 8 nitrogen and oxygen atoms in total. The van der Waals surface area contributed by atoms with E-state index in [1.54, 1.807) is 31.6 Å². The van der Waals surface area contributed by atoms with E-state index < -0.39 is 0 Å². The van der Waals surface area contributed by atoms with Gasteiger partial charge in [-0.3, -0.25) is 4.79 Å². The Kier molecular flexibility index (Phi) is 5.58. The molecule has 156 valence electrons. The highest BCUT2D eigenvalue weighted by molar-refractivity contribution is 7.09. The third kappa shape index (κ3) is 4.01. The molecule has 2 fully saturated rings. The number of carbonyl (C=O) groups is 1. The van der Waals surface area contributed by atoms with E-state index in [1.165, 1.54) is 0 Å². The van der Waals surface area contributed by atoms with Crippen molar-refractivity contribution in [2.45, 2.75) is 51.1 Å². The zero-order valence-corrected chi connectivity index (χ0v) is 18.0. The van der Waals surface area contributed by atoms with Gasteiger partial charge in [0.2, 0.25) is 23.6 Å². The molecule has 2 aliphatic rings. The monoisotopic (exact) mass is 417 g/mol. The standard InChI is InChI=1S/C20H27N5O3S/c1-14-21-15(13-29-14)12-25-18(26)5-7-20(25)6-4-9-24(10-8-20)19-22-16(27-2)11-17(23-19)28-3/h11,13H,4-10,12H2,1-3H3/t20-/m1/s1. The molecule has 0 N–H and O–H groups in total. The molecule has 0 aliphatic carbocycles. The van der Waals surface area contributed by atoms with Gasteiger partial charge in [0.05, 0.1) is 37.5 Å². The van der Waals surface area contributed by atoms with E-state index in [-0.39, 0.29) is 11.4 Å². The first-order valence-electron chi connectivity index (χ1n) is 9.96.